The van der Waals surface area contributed by atoms with Gasteiger partial charge in [0, 0.05) is 0 Å². The predicted octanol–water partition coefficient (Wildman–Crippen LogP) is 4.45. The summed E-state index contributed by atoms with van der Waals surface area (Å²) < 4.78 is 10.7. The number of carboxylic acids is 1. The summed E-state index contributed by atoms with van der Waals surface area (Å²) in [5, 5.41) is 9.28. The Morgan fingerprint density at radius 3 is 2.04 bits per heavy atom. The molecule has 1 saturated carbocycles. The van der Waals surface area contributed by atoms with Gasteiger partial charge in [0.2, 0.25) is 0 Å². The maximum absolute atomic E-state index is 12.7. The lowest BCUT2D eigenvalue weighted by molar-refractivity contribution is -0.167. The summed E-state index contributed by atoms with van der Waals surface area (Å²) in [5.41, 5.74) is -0.585. The van der Waals surface area contributed by atoms with Crippen molar-refractivity contribution in [3.8, 4) is 0 Å². The molecule has 0 aromatic rings. The lowest BCUT2D eigenvalue weighted by atomic mass is 9.67. The molecule has 1 aliphatic rings. The molecule has 0 amide bonds. The Kier molecular flexibility index (Phi) is 8.96. The third-order valence-corrected chi connectivity index (χ3v) is 6.49. The van der Waals surface area contributed by atoms with Crippen molar-refractivity contribution in [3.63, 3.8) is 0 Å². The summed E-state index contributed by atoms with van der Waals surface area (Å²) in [6.07, 6.45) is 4.37. The second-order valence-electron chi connectivity index (χ2n) is 9.41. The van der Waals surface area contributed by atoms with Gasteiger partial charge in [0.25, 0.3) is 0 Å². The number of hydrogen-bond acceptors (Lipinski definition) is 5. The van der Waals surface area contributed by atoms with Crippen LogP contribution in [0.3, 0.4) is 0 Å². The van der Waals surface area contributed by atoms with Crippen LogP contribution >= 0.6 is 0 Å². The highest BCUT2D eigenvalue weighted by atomic mass is 16.6. The minimum atomic E-state index is -0.945. The fourth-order valence-corrected chi connectivity index (χ4v) is 3.89. The number of carboxylic acid groups (broad SMARTS) is 1. The van der Waals surface area contributed by atoms with E-state index >= 15 is 0 Å². The molecule has 1 N–H and O–H groups in total. The van der Waals surface area contributed by atoms with Crippen molar-refractivity contribution in [1.82, 2.24) is 0 Å². The second-order valence-corrected chi connectivity index (χ2v) is 9.41. The first-order chi connectivity index (χ1) is 12.9. The Morgan fingerprint density at radius 2 is 1.54 bits per heavy atom. The number of hydrogen-bond donors (Lipinski definition) is 1. The fraction of sp³-hybridized carbons (Fsp3) is 0.864. The van der Waals surface area contributed by atoms with E-state index < -0.39 is 29.2 Å². The van der Waals surface area contributed by atoms with Gasteiger partial charge in [0.05, 0.1) is 17.3 Å². The highest BCUT2D eigenvalue weighted by molar-refractivity contribution is 5.81. The molecule has 1 rings (SSSR count). The van der Waals surface area contributed by atoms with Gasteiger partial charge in [0.15, 0.2) is 0 Å². The van der Waals surface area contributed by atoms with Crippen molar-refractivity contribution in [2.45, 2.75) is 80.1 Å². The summed E-state index contributed by atoms with van der Waals surface area (Å²) >= 11 is 0. The van der Waals surface area contributed by atoms with Gasteiger partial charge < -0.3 is 14.6 Å². The van der Waals surface area contributed by atoms with Gasteiger partial charge in [-0.2, -0.15) is 0 Å². The van der Waals surface area contributed by atoms with Crippen LogP contribution in [0.1, 0.15) is 80.1 Å². The van der Waals surface area contributed by atoms with E-state index in [1.807, 2.05) is 20.8 Å². The zero-order chi connectivity index (χ0) is 21.5. The summed E-state index contributed by atoms with van der Waals surface area (Å²) in [6, 6.07) is 0. The molecule has 0 bridgehead atoms. The molecule has 0 spiro atoms. The highest BCUT2D eigenvalue weighted by Gasteiger charge is 2.42. The minimum absolute atomic E-state index is 0.0100. The number of carbonyl (C=O) groups excluding carboxylic acids is 2. The molecule has 0 saturated heterocycles. The van der Waals surface area contributed by atoms with Gasteiger partial charge in [-0.1, -0.05) is 53.9 Å². The molecule has 28 heavy (non-hydrogen) atoms. The lowest BCUT2D eigenvalue weighted by Gasteiger charge is -2.38. The van der Waals surface area contributed by atoms with Gasteiger partial charge in [0.1, 0.15) is 13.2 Å². The number of rotatable bonds is 10. The highest BCUT2D eigenvalue weighted by Crippen LogP contribution is 2.42. The molecule has 0 aromatic carbocycles. The van der Waals surface area contributed by atoms with E-state index in [-0.39, 0.29) is 30.5 Å². The quantitative estimate of drug-likeness (QED) is 0.432. The number of carbonyl (C=O) groups is 3. The van der Waals surface area contributed by atoms with Crippen molar-refractivity contribution < 1.29 is 29.0 Å². The molecule has 0 aliphatic heterocycles. The van der Waals surface area contributed by atoms with Gasteiger partial charge in [-0.25, -0.2) is 0 Å². The average molecular weight is 399 g/mol. The van der Waals surface area contributed by atoms with E-state index in [1.54, 1.807) is 0 Å². The minimum Gasteiger partial charge on any atom is -0.481 e. The number of ether oxygens (including phenoxy) is 2. The molecule has 0 heterocycles. The molecule has 6 nitrogen and oxygen atoms in total. The van der Waals surface area contributed by atoms with Crippen LogP contribution in [0.2, 0.25) is 0 Å². The van der Waals surface area contributed by atoms with E-state index in [9.17, 15) is 19.5 Å². The van der Waals surface area contributed by atoms with Crippen LogP contribution in [0.25, 0.3) is 0 Å². The van der Waals surface area contributed by atoms with Gasteiger partial charge in [-0.15, -0.1) is 0 Å². The van der Waals surface area contributed by atoms with Crippen molar-refractivity contribution in [2.75, 3.05) is 13.2 Å². The van der Waals surface area contributed by atoms with Crippen molar-refractivity contribution >= 4 is 17.9 Å². The predicted molar refractivity (Wildman–Crippen MR) is 107 cm³/mol. The van der Waals surface area contributed by atoms with E-state index in [0.29, 0.717) is 12.8 Å². The third kappa shape index (κ3) is 6.49. The number of aliphatic carboxylic acids is 1. The Labute approximate surface area is 169 Å². The first-order valence-electron chi connectivity index (χ1n) is 10.5. The first kappa shape index (κ1) is 24.4. The Bertz CT molecular complexity index is 553. The third-order valence-electron chi connectivity index (χ3n) is 6.49. The van der Waals surface area contributed by atoms with Gasteiger partial charge in [-0.05, 0) is 37.5 Å². The summed E-state index contributed by atoms with van der Waals surface area (Å²) in [7, 11) is 0. The van der Waals surface area contributed by atoms with Crippen molar-refractivity contribution in [3.05, 3.63) is 0 Å². The first-order valence-corrected chi connectivity index (χ1v) is 10.5. The second kappa shape index (κ2) is 10.3. The fourth-order valence-electron chi connectivity index (χ4n) is 3.89. The lowest BCUT2D eigenvalue weighted by Crippen LogP contribution is -2.39. The number of esters is 2. The largest absolute Gasteiger partial charge is 0.481 e. The van der Waals surface area contributed by atoms with Crippen molar-refractivity contribution in [2.24, 2.45) is 28.6 Å². The summed E-state index contributed by atoms with van der Waals surface area (Å²) in [6.45, 7) is 12.3. The zero-order valence-electron chi connectivity index (χ0n) is 18.4. The normalized spacial score (nSPS) is 22.4. The molecule has 3 unspecified atom stereocenters. The standard InChI is InChI=1S/C22H38O6/c1-7-21(4,5)14-22(6,15(2)3)20(26)28-13-12-27-19(25)17-11-9-8-10-16(17)18(23)24/h15-17H,7-14H2,1-6H3,(H,23,24). The Morgan fingerprint density at radius 1 is 1.00 bits per heavy atom. The van der Waals surface area contributed by atoms with Gasteiger partial charge >= 0.3 is 17.9 Å². The average Bonchev–Trinajstić information content (AvgIpc) is 2.64. The van der Waals surface area contributed by atoms with E-state index in [1.165, 1.54) is 0 Å². The van der Waals surface area contributed by atoms with Gasteiger partial charge in [-0.3, -0.25) is 14.4 Å². The van der Waals surface area contributed by atoms with E-state index in [2.05, 4.69) is 20.8 Å². The Balaban J connectivity index is 2.55. The van der Waals surface area contributed by atoms with Crippen LogP contribution in [0.4, 0.5) is 0 Å². The molecule has 0 radical (unpaired) electrons. The van der Waals surface area contributed by atoms with Crippen LogP contribution in [0.5, 0.6) is 0 Å². The van der Waals surface area contributed by atoms with Crippen LogP contribution < -0.4 is 0 Å². The molecule has 6 heteroatoms. The maximum atomic E-state index is 12.7. The molecule has 3 atom stereocenters. The topological polar surface area (TPSA) is 89.9 Å². The zero-order valence-corrected chi connectivity index (χ0v) is 18.4. The smallest absolute Gasteiger partial charge is 0.312 e. The van der Waals surface area contributed by atoms with E-state index in [0.717, 1.165) is 25.7 Å². The summed E-state index contributed by atoms with van der Waals surface area (Å²) in [4.78, 5) is 36.3. The van der Waals surface area contributed by atoms with E-state index in [4.69, 9.17) is 9.47 Å². The van der Waals surface area contributed by atoms with Crippen LogP contribution in [-0.4, -0.2) is 36.2 Å². The molecule has 162 valence electrons. The van der Waals surface area contributed by atoms with Crippen LogP contribution in [0.15, 0.2) is 0 Å². The summed E-state index contributed by atoms with van der Waals surface area (Å²) in [5.74, 6) is -2.88. The van der Waals surface area contributed by atoms with Crippen molar-refractivity contribution in [1.29, 1.82) is 0 Å². The molecular weight excluding hydrogens is 360 g/mol. The van der Waals surface area contributed by atoms with Crippen LogP contribution in [0, 0.1) is 28.6 Å². The Hall–Kier alpha value is -1.59. The molecular formula is C22H38O6. The molecule has 1 fully saturated rings. The van der Waals surface area contributed by atoms with Crippen LogP contribution in [-0.2, 0) is 23.9 Å². The molecule has 1 aliphatic carbocycles. The molecule has 0 aromatic heterocycles. The SMILES string of the molecule is CCC(C)(C)CC(C)(C(=O)OCCOC(=O)C1CCCCC1C(=O)O)C(C)C. The maximum Gasteiger partial charge on any atom is 0.312 e. The monoisotopic (exact) mass is 398 g/mol.